The van der Waals surface area contributed by atoms with Crippen molar-refractivity contribution in [1.29, 1.82) is 0 Å². The molecule has 0 aliphatic rings. The van der Waals surface area contributed by atoms with E-state index in [0.717, 1.165) is 23.3 Å². The van der Waals surface area contributed by atoms with Gasteiger partial charge in [-0.15, -0.1) is 0 Å². The van der Waals surface area contributed by atoms with Crippen LogP contribution in [0.4, 0.5) is 0 Å². The van der Waals surface area contributed by atoms with Gasteiger partial charge in [0, 0.05) is 5.92 Å². The number of hydrogen-bond acceptors (Lipinski definition) is 2. The molecule has 0 aromatic heterocycles. The molecule has 2 rings (SSSR count). The highest BCUT2D eigenvalue weighted by Gasteiger charge is 2.20. The summed E-state index contributed by atoms with van der Waals surface area (Å²) in [7, 11) is 1.66. The van der Waals surface area contributed by atoms with Crippen molar-refractivity contribution < 1.29 is 9.84 Å². The van der Waals surface area contributed by atoms with Crippen LogP contribution in [0.15, 0.2) is 66.7 Å². The Morgan fingerprint density at radius 1 is 1.00 bits per heavy atom. The molecule has 0 unspecified atom stereocenters. The number of hydrogen-bond donors (Lipinski definition) is 1. The zero-order valence-corrected chi connectivity index (χ0v) is 12.6. The summed E-state index contributed by atoms with van der Waals surface area (Å²) in [5.41, 5.74) is 2.01. The van der Waals surface area contributed by atoms with Gasteiger partial charge in [-0.05, 0) is 29.7 Å². The van der Waals surface area contributed by atoms with E-state index in [1.54, 1.807) is 7.11 Å². The van der Waals surface area contributed by atoms with Gasteiger partial charge in [0.15, 0.2) is 0 Å². The average Bonchev–Trinajstić information content (AvgIpc) is 2.56. The maximum absolute atomic E-state index is 10.7. The molecular weight excluding hydrogens is 260 g/mol. The standard InChI is InChI=1S/C19H22O2/c1-3-4-10-18(15-11-13-17(21-2)14-12-15)19(20)16-8-6-5-7-9-16/h4-14,18-20H,3H2,1-2H3/b10-4-/t18-,19-/m1/s1. The number of aliphatic hydroxyl groups is 1. The van der Waals surface area contributed by atoms with E-state index < -0.39 is 6.10 Å². The minimum Gasteiger partial charge on any atom is -0.497 e. The maximum Gasteiger partial charge on any atom is 0.118 e. The van der Waals surface area contributed by atoms with Crippen LogP contribution in [0.2, 0.25) is 0 Å². The van der Waals surface area contributed by atoms with Gasteiger partial charge in [-0.25, -0.2) is 0 Å². The van der Waals surface area contributed by atoms with E-state index in [4.69, 9.17) is 4.74 Å². The number of ether oxygens (including phenoxy) is 1. The van der Waals surface area contributed by atoms with E-state index in [0.29, 0.717) is 0 Å². The molecule has 2 nitrogen and oxygen atoms in total. The summed E-state index contributed by atoms with van der Waals surface area (Å²) in [6.07, 6.45) is 4.58. The van der Waals surface area contributed by atoms with Gasteiger partial charge in [0.05, 0.1) is 13.2 Å². The Morgan fingerprint density at radius 2 is 1.67 bits per heavy atom. The molecule has 2 heteroatoms. The highest BCUT2D eigenvalue weighted by atomic mass is 16.5. The Bertz CT molecular complexity index is 558. The van der Waals surface area contributed by atoms with Crippen LogP contribution in [0, 0.1) is 0 Å². The van der Waals surface area contributed by atoms with E-state index in [-0.39, 0.29) is 5.92 Å². The molecule has 0 saturated heterocycles. The second kappa shape index (κ2) is 7.65. The van der Waals surface area contributed by atoms with Gasteiger partial charge in [0.1, 0.15) is 5.75 Å². The highest BCUT2D eigenvalue weighted by Crippen LogP contribution is 2.33. The van der Waals surface area contributed by atoms with Crippen LogP contribution in [0.3, 0.4) is 0 Å². The number of aliphatic hydroxyl groups excluding tert-OH is 1. The fourth-order valence-electron chi connectivity index (χ4n) is 2.37. The molecule has 0 heterocycles. The summed E-state index contributed by atoms with van der Waals surface area (Å²) in [5, 5.41) is 10.7. The van der Waals surface area contributed by atoms with E-state index in [2.05, 4.69) is 19.1 Å². The van der Waals surface area contributed by atoms with Crippen LogP contribution in [0.1, 0.15) is 36.5 Å². The monoisotopic (exact) mass is 282 g/mol. The topological polar surface area (TPSA) is 29.5 Å². The average molecular weight is 282 g/mol. The van der Waals surface area contributed by atoms with E-state index >= 15 is 0 Å². The minimum atomic E-state index is -0.553. The molecule has 2 aromatic carbocycles. The van der Waals surface area contributed by atoms with Crippen LogP contribution in [-0.2, 0) is 0 Å². The minimum absolute atomic E-state index is 0.0572. The zero-order chi connectivity index (χ0) is 15.1. The van der Waals surface area contributed by atoms with Gasteiger partial charge in [-0.2, -0.15) is 0 Å². The van der Waals surface area contributed by atoms with Crippen molar-refractivity contribution in [1.82, 2.24) is 0 Å². The first kappa shape index (κ1) is 15.3. The van der Waals surface area contributed by atoms with E-state index in [1.165, 1.54) is 0 Å². The number of benzene rings is 2. The first-order valence-corrected chi connectivity index (χ1v) is 7.30. The lowest BCUT2D eigenvalue weighted by Crippen LogP contribution is -2.09. The molecule has 0 spiro atoms. The molecule has 0 saturated carbocycles. The van der Waals surface area contributed by atoms with Crippen LogP contribution in [-0.4, -0.2) is 12.2 Å². The molecule has 1 N–H and O–H groups in total. The van der Waals surface area contributed by atoms with Crippen molar-refractivity contribution in [3.05, 3.63) is 77.9 Å². The fourth-order valence-corrected chi connectivity index (χ4v) is 2.37. The molecule has 0 radical (unpaired) electrons. The molecule has 2 atom stereocenters. The van der Waals surface area contributed by atoms with Crippen LogP contribution >= 0.6 is 0 Å². The third-order valence-electron chi connectivity index (χ3n) is 3.56. The number of allylic oxidation sites excluding steroid dienone is 1. The summed E-state index contributed by atoms with van der Waals surface area (Å²) in [6, 6.07) is 17.7. The molecule has 2 aromatic rings. The van der Waals surface area contributed by atoms with Gasteiger partial charge in [-0.1, -0.05) is 61.5 Å². The van der Waals surface area contributed by atoms with Crippen molar-refractivity contribution in [3.8, 4) is 5.75 Å². The van der Waals surface area contributed by atoms with Crippen LogP contribution in [0.5, 0.6) is 5.75 Å². The quantitative estimate of drug-likeness (QED) is 0.792. The van der Waals surface area contributed by atoms with Crippen molar-refractivity contribution >= 4 is 0 Å². The first-order chi connectivity index (χ1) is 10.3. The summed E-state index contributed by atoms with van der Waals surface area (Å²) in [4.78, 5) is 0. The normalized spacial score (nSPS) is 14.0. The largest absolute Gasteiger partial charge is 0.497 e. The fraction of sp³-hybridized carbons (Fsp3) is 0.263. The zero-order valence-electron chi connectivity index (χ0n) is 12.6. The Balaban J connectivity index is 2.31. The van der Waals surface area contributed by atoms with Crippen molar-refractivity contribution in [2.45, 2.75) is 25.4 Å². The molecule has 21 heavy (non-hydrogen) atoms. The predicted molar refractivity (Wildman–Crippen MR) is 86.6 cm³/mol. The van der Waals surface area contributed by atoms with Gasteiger partial charge < -0.3 is 9.84 Å². The Kier molecular flexibility index (Phi) is 5.59. The molecule has 110 valence electrons. The van der Waals surface area contributed by atoms with Crippen molar-refractivity contribution in [2.75, 3.05) is 7.11 Å². The summed E-state index contributed by atoms with van der Waals surface area (Å²) in [5.74, 6) is 0.768. The lowest BCUT2D eigenvalue weighted by atomic mass is 9.88. The third-order valence-corrected chi connectivity index (χ3v) is 3.56. The van der Waals surface area contributed by atoms with Gasteiger partial charge in [0.25, 0.3) is 0 Å². The van der Waals surface area contributed by atoms with Gasteiger partial charge in [0.2, 0.25) is 0 Å². The molecule has 0 amide bonds. The van der Waals surface area contributed by atoms with Crippen LogP contribution < -0.4 is 4.74 Å². The summed E-state index contributed by atoms with van der Waals surface area (Å²) < 4.78 is 5.19. The smallest absolute Gasteiger partial charge is 0.118 e. The molecular formula is C19H22O2. The number of rotatable bonds is 6. The predicted octanol–water partition coefficient (Wildman–Crippen LogP) is 4.48. The van der Waals surface area contributed by atoms with Crippen molar-refractivity contribution in [2.24, 2.45) is 0 Å². The lowest BCUT2D eigenvalue weighted by Gasteiger charge is -2.21. The third kappa shape index (κ3) is 3.96. The van der Waals surface area contributed by atoms with Crippen LogP contribution in [0.25, 0.3) is 0 Å². The second-order valence-corrected chi connectivity index (χ2v) is 4.99. The van der Waals surface area contributed by atoms with Gasteiger partial charge >= 0.3 is 0 Å². The van der Waals surface area contributed by atoms with E-state index in [9.17, 15) is 5.11 Å². The molecule has 0 aliphatic carbocycles. The Labute approximate surface area is 126 Å². The second-order valence-electron chi connectivity index (χ2n) is 4.99. The number of methoxy groups -OCH3 is 1. The van der Waals surface area contributed by atoms with E-state index in [1.807, 2.05) is 54.6 Å². The van der Waals surface area contributed by atoms with Crippen molar-refractivity contribution in [3.63, 3.8) is 0 Å². The Hall–Kier alpha value is -2.06. The summed E-state index contributed by atoms with van der Waals surface area (Å²) in [6.45, 7) is 2.09. The van der Waals surface area contributed by atoms with Gasteiger partial charge in [-0.3, -0.25) is 0 Å². The SMILES string of the molecule is CC/C=C\[C@H](c1ccc(OC)cc1)[C@H](O)c1ccccc1. The Morgan fingerprint density at radius 3 is 2.24 bits per heavy atom. The first-order valence-electron chi connectivity index (χ1n) is 7.30. The molecule has 0 bridgehead atoms. The molecule has 0 aliphatic heterocycles. The lowest BCUT2D eigenvalue weighted by molar-refractivity contribution is 0.161. The highest BCUT2D eigenvalue weighted by molar-refractivity contribution is 5.34. The summed E-state index contributed by atoms with van der Waals surface area (Å²) >= 11 is 0. The molecule has 0 fully saturated rings. The maximum atomic E-state index is 10.7.